The summed E-state index contributed by atoms with van der Waals surface area (Å²) in [6.07, 6.45) is 3.55. The molecule has 138 valence electrons. The molecule has 0 radical (unpaired) electrons. The average molecular weight is 349 g/mol. The van der Waals surface area contributed by atoms with Crippen molar-refractivity contribution in [2.24, 2.45) is 5.92 Å². The van der Waals surface area contributed by atoms with E-state index in [1.165, 1.54) is 20.6 Å². The highest BCUT2D eigenvalue weighted by molar-refractivity contribution is 5.93. The second-order valence-corrected chi connectivity index (χ2v) is 6.53. The lowest BCUT2D eigenvalue weighted by Gasteiger charge is -2.30. The molecule has 1 aromatic carbocycles. The van der Waals surface area contributed by atoms with Crippen LogP contribution in [0.25, 0.3) is 0 Å². The van der Waals surface area contributed by atoms with E-state index in [0.29, 0.717) is 17.4 Å². The first-order chi connectivity index (χ1) is 11.9. The van der Waals surface area contributed by atoms with Crippen molar-refractivity contribution in [3.63, 3.8) is 0 Å². The molecular formula is C19H27NO5. The van der Waals surface area contributed by atoms with Crippen molar-refractivity contribution in [2.75, 3.05) is 14.2 Å². The molecule has 0 unspecified atom stereocenters. The number of hydrogen-bond donors (Lipinski definition) is 1. The van der Waals surface area contributed by atoms with Crippen LogP contribution in [0.2, 0.25) is 0 Å². The molecule has 25 heavy (non-hydrogen) atoms. The zero-order valence-corrected chi connectivity index (χ0v) is 15.3. The predicted octanol–water partition coefficient (Wildman–Crippen LogP) is 2.94. The molecule has 0 saturated heterocycles. The molecule has 1 aliphatic carbocycles. The third-order valence-corrected chi connectivity index (χ3v) is 4.68. The molecule has 1 N–H and O–H groups in total. The SMILES string of the molecule is COc1cc(OC)cc(C(=O)O[C@H](C)C(=O)N[C@H]2CCCC[C@H]2C)c1. The number of amides is 1. The highest BCUT2D eigenvalue weighted by atomic mass is 16.5. The van der Waals surface area contributed by atoms with Gasteiger partial charge in [0.25, 0.3) is 5.91 Å². The van der Waals surface area contributed by atoms with Crippen LogP contribution in [0.1, 0.15) is 49.9 Å². The van der Waals surface area contributed by atoms with E-state index in [9.17, 15) is 9.59 Å². The van der Waals surface area contributed by atoms with Gasteiger partial charge in [0.05, 0.1) is 19.8 Å². The van der Waals surface area contributed by atoms with E-state index >= 15 is 0 Å². The summed E-state index contributed by atoms with van der Waals surface area (Å²) in [5.41, 5.74) is 0.280. The Labute approximate surface area is 148 Å². The topological polar surface area (TPSA) is 73.9 Å². The number of carbonyl (C=O) groups is 2. The van der Waals surface area contributed by atoms with Crippen molar-refractivity contribution in [3.8, 4) is 11.5 Å². The maximum Gasteiger partial charge on any atom is 0.339 e. The van der Waals surface area contributed by atoms with Gasteiger partial charge in [-0.25, -0.2) is 4.79 Å². The minimum atomic E-state index is -0.862. The molecule has 6 nitrogen and oxygen atoms in total. The van der Waals surface area contributed by atoms with Crippen LogP contribution in [-0.2, 0) is 9.53 Å². The highest BCUT2D eigenvalue weighted by Gasteiger charge is 2.26. The predicted molar refractivity (Wildman–Crippen MR) is 94.0 cm³/mol. The molecule has 0 spiro atoms. The number of methoxy groups -OCH3 is 2. The lowest BCUT2D eigenvalue weighted by Crippen LogP contribution is -2.45. The second-order valence-electron chi connectivity index (χ2n) is 6.53. The summed E-state index contributed by atoms with van der Waals surface area (Å²) < 4.78 is 15.6. The van der Waals surface area contributed by atoms with Crippen LogP contribution in [0.15, 0.2) is 18.2 Å². The van der Waals surface area contributed by atoms with E-state index in [0.717, 1.165) is 19.3 Å². The van der Waals surface area contributed by atoms with Gasteiger partial charge in [0.2, 0.25) is 0 Å². The van der Waals surface area contributed by atoms with Gasteiger partial charge < -0.3 is 19.5 Å². The zero-order chi connectivity index (χ0) is 18.4. The van der Waals surface area contributed by atoms with Crippen molar-refractivity contribution < 1.29 is 23.8 Å². The summed E-state index contributed by atoms with van der Waals surface area (Å²) in [6, 6.07) is 4.92. The quantitative estimate of drug-likeness (QED) is 0.799. The molecular weight excluding hydrogens is 322 g/mol. The number of hydrogen-bond acceptors (Lipinski definition) is 5. The molecule has 2 rings (SSSR count). The Bertz CT molecular complexity index is 594. The summed E-state index contributed by atoms with van der Waals surface area (Å²) in [5, 5.41) is 3.00. The molecule has 0 aromatic heterocycles. The Balaban J connectivity index is 1.98. The van der Waals surface area contributed by atoms with Crippen molar-refractivity contribution in [1.82, 2.24) is 5.32 Å². The Morgan fingerprint density at radius 3 is 2.24 bits per heavy atom. The van der Waals surface area contributed by atoms with Crippen LogP contribution in [0.5, 0.6) is 11.5 Å². The van der Waals surface area contributed by atoms with Crippen LogP contribution in [0, 0.1) is 5.92 Å². The zero-order valence-electron chi connectivity index (χ0n) is 15.3. The normalized spacial score (nSPS) is 21.1. The standard InChI is InChI=1S/C19H27NO5/c1-12-7-5-6-8-17(12)20-18(21)13(2)25-19(22)14-9-15(23-3)11-16(10-14)24-4/h9-13,17H,5-8H2,1-4H3,(H,20,21)/t12-,13-,17+/m1/s1. The third-order valence-electron chi connectivity index (χ3n) is 4.68. The Morgan fingerprint density at radius 1 is 1.08 bits per heavy atom. The average Bonchev–Trinajstić information content (AvgIpc) is 2.62. The Hall–Kier alpha value is -2.24. The smallest absolute Gasteiger partial charge is 0.339 e. The van der Waals surface area contributed by atoms with Crippen molar-refractivity contribution in [2.45, 2.75) is 51.7 Å². The number of benzene rings is 1. The van der Waals surface area contributed by atoms with Crippen molar-refractivity contribution in [1.29, 1.82) is 0 Å². The minimum absolute atomic E-state index is 0.152. The van der Waals surface area contributed by atoms with Gasteiger partial charge in [0.1, 0.15) is 11.5 Å². The van der Waals surface area contributed by atoms with E-state index in [-0.39, 0.29) is 17.5 Å². The van der Waals surface area contributed by atoms with Crippen LogP contribution in [0.3, 0.4) is 0 Å². The van der Waals surface area contributed by atoms with Gasteiger partial charge in [-0.2, -0.15) is 0 Å². The first kappa shape index (κ1) is 19.1. The summed E-state index contributed by atoms with van der Waals surface area (Å²) >= 11 is 0. The number of esters is 1. The molecule has 6 heteroatoms. The Kier molecular flexibility index (Phi) is 6.67. The monoisotopic (exact) mass is 349 g/mol. The molecule has 0 aliphatic heterocycles. The summed E-state index contributed by atoms with van der Waals surface area (Å²) in [4.78, 5) is 24.7. The van der Waals surface area contributed by atoms with Crippen LogP contribution >= 0.6 is 0 Å². The second kappa shape index (κ2) is 8.74. The van der Waals surface area contributed by atoms with E-state index < -0.39 is 12.1 Å². The third kappa shape index (κ3) is 5.11. The van der Waals surface area contributed by atoms with Crippen molar-refractivity contribution in [3.05, 3.63) is 23.8 Å². The number of carbonyl (C=O) groups excluding carboxylic acids is 2. The largest absolute Gasteiger partial charge is 0.497 e. The fraction of sp³-hybridized carbons (Fsp3) is 0.579. The summed E-state index contributed by atoms with van der Waals surface area (Å²) in [6.45, 7) is 3.72. The van der Waals surface area contributed by atoms with Gasteiger partial charge in [-0.1, -0.05) is 19.8 Å². The summed E-state index contributed by atoms with van der Waals surface area (Å²) in [7, 11) is 3.01. The van der Waals surface area contributed by atoms with Crippen LogP contribution in [0.4, 0.5) is 0 Å². The molecule has 1 aliphatic rings. The highest BCUT2D eigenvalue weighted by Crippen LogP contribution is 2.25. The molecule has 1 saturated carbocycles. The summed E-state index contributed by atoms with van der Waals surface area (Å²) in [5.74, 6) is 0.570. The van der Waals surface area contributed by atoms with Gasteiger partial charge in [-0.05, 0) is 37.8 Å². The maximum absolute atomic E-state index is 12.3. The number of rotatable bonds is 6. The fourth-order valence-corrected chi connectivity index (χ4v) is 3.04. The number of ether oxygens (including phenoxy) is 3. The van der Waals surface area contributed by atoms with E-state index in [1.54, 1.807) is 25.1 Å². The van der Waals surface area contributed by atoms with E-state index in [2.05, 4.69) is 12.2 Å². The molecule has 0 heterocycles. The van der Waals surface area contributed by atoms with Gasteiger partial charge in [-0.3, -0.25) is 4.79 Å². The molecule has 1 fully saturated rings. The lowest BCUT2D eigenvalue weighted by atomic mass is 9.86. The molecule has 0 bridgehead atoms. The van der Waals surface area contributed by atoms with Crippen LogP contribution in [-0.4, -0.2) is 38.2 Å². The first-order valence-corrected chi connectivity index (χ1v) is 8.69. The molecule has 1 aromatic rings. The first-order valence-electron chi connectivity index (χ1n) is 8.69. The molecule has 1 amide bonds. The molecule has 3 atom stereocenters. The Morgan fingerprint density at radius 2 is 1.68 bits per heavy atom. The van der Waals surface area contributed by atoms with E-state index in [4.69, 9.17) is 14.2 Å². The fourth-order valence-electron chi connectivity index (χ4n) is 3.04. The van der Waals surface area contributed by atoms with Crippen LogP contribution < -0.4 is 14.8 Å². The van der Waals surface area contributed by atoms with Gasteiger partial charge in [0.15, 0.2) is 6.10 Å². The number of nitrogens with one attached hydrogen (secondary N) is 1. The maximum atomic E-state index is 12.3. The lowest BCUT2D eigenvalue weighted by molar-refractivity contribution is -0.130. The van der Waals surface area contributed by atoms with E-state index in [1.807, 2.05) is 0 Å². The minimum Gasteiger partial charge on any atom is -0.497 e. The van der Waals surface area contributed by atoms with Gasteiger partial charge >= 0.3 is 5.97 Å². The van der Waals surface area contributed by atoms with Gasteiger partial charge in [-0.15, -0.1) is 0 Å². The van der Waals surface area contributed by atoms with Crippen molar-refractivity contribution >= 4 is 11.9 Å². The van der Waals surface area contributed by atoms with Gasteiger partial charge in [0, 0.05) is 12.1 Å².